The van der Waals surface area contributed by atoms with E-state index in [-0.39, 0.29) is 0 Å². The molecule has 1 aromatic rings. The number of rotatable bonds is 2. The minimum Gasteiger partial charge on any atom is -0.379 e. The van der Waals surface area contributed by atoms with E-state index in [4.69, 9.17) is 23.2 Å². The van der Waals surface area contributed by atoms with Crippen molar-refractivity contribution in [3.63, 3.8) is 0 Å². The number of nitrogens with one attached hydrogen (secondary N) is 1. The van der Waals surface area contributed by atoms with Gasteiger partial charge >= 0.3 is 0 Å². The molecule has 1 aliphatic carbocycles. The highest BCUT2D eigenvalue weighted by atomic mass is 35.5. The van der Waals surface area contributed by atoms with Crippen molar-refractivity contribution >= 4 is 28.9 Å². The first-order chi connectivity index (χ1) is 7.66. The van der Waals surface area contributed by atoms with Crippen LogP contribution in [0.15, 0.2) is 6.07 Å². The standard InChI is InChI=1S/C11H15Cl2N3/c1-7-4-2-3-5-8(7)14-9-6-10(12)15-16-11(9)13/h6-8H,2-5H2,1H3,(H,14,15). The van der Waals surface area contributed by atoms with Crippen LogP contribution in [-0.4, -0.2) is 16.2 Å². The largest absolute Gasteiger partial charge is 0.379 e. The predicted octanol–water partition coefficient (Wildman–Crippen LogP) is 3.77. The second-order valence-corrected chi connectivity index (χ2v) is 5.13. The van der Waals surface area contributed by atoms with E-state index < -0.39 is 0 Å². The zero-order valence-electron chi connectivity index (χ0n) is 9.21. The Morgan fingerprint density at radius 1 is 1.25 bits per heavy atom. The molecule has 0 bridgehead atoms. The number of aromatic nitrogens is 2. The van der Waals surface area contributed by atoms with E-state index in [2.05, 4.69) is 22.4 Å². The van der Waals surface area contributed by atoms with Gasteiger partial charge in [0.2, 0.25) is 0 Å². The van der Waals surface area contributed by atoms with Crippen LogP contribution in [0.5, 0.6) is 0 Å². The van der Waals surface area contributed by atoms with Crippen LogP contribution in [-0.2, 0) is 0 Å². The molecule has 0 amide bonds. The lowest BCUT2D eigenvalue weighted by molar-refractivity contribution is 0.349. The molecule has 2 atom stereocenters. The molecule has 2 unspecified atom stereocenters. The summed E-state index contributed by atoms with van der Waals surface area (Å²) in [7, 11) is 0. The molecular formula is C11H15Cl2N3. The summed E-state index contributed by atoms with van der Waals surface area (Å²) in [5.74, 6) is 0.664. The topological polar surface area (TPSA) is 37.8 Å². The zero-order chi connectivity index (χ0) is 11.5. The van der Waals surface area contributed by atoms with Gasteiger partial charge in [0.15, 0.2) is 10.3 Å². The molecule has 1 fully saturated rings. The van der Waals surface area contributed by atoms with E-state index in [1.807, 2.05) is 0 Å². The van der Waals surface area contributed by atoms with Crippen LogP contribution >= 0.6 is 23.2 Å². The molecule has 5 heteroatoms. The highest BCUT2D eigenvalue weighted by molar-refractivity contribution is 6.33. The lowest BCUT2D eigenvalue weighted by atomic mass is 9.86. The Morgan fingerprint density at radius 3 is 2.75 bits per heavy atom. The lowest BCUT2D eigenvalue weighted by Gasteiger charge is -2.30. The van der Waals surface area contributed by atoms with Gasteiger partial charge in [-0.05, 0) is 18.8 Å². The molecule has 0 saturated heterocycles. The Balaban J connectivity index is 2.10. The van der Waals surface area contributed by atoms with Crippen LogP contribution in [0.4, 0.5) is 5.69 Å². The summed E-state index contributed by atoms with van der Waals surface area (Å²) in [5, 5.41) is 11.7. The summed E-state index contributed by atoms with van der Waals surface area (Å²) >= 11 is 11.8. The molecule has 0 aromatic carbocycles. The summed E-state index contributed by atoms with van der Waals surface area (Å²) in [6, 6.07) is 2.20. The molecular weight excluding hydrogens is 245 g/mol. The molecule has 0 aliphatic heterocycles. The first kappa shape index (κ1) is 11.9. The monoisotopic (exact) mass is 259 g/mol. The van der Waals surface area contributed by atoms with Crippen molar-refractivity contribution in [1.29, 1.82) is 0 Å². The van der Waals surface area contributed by atoms with Crippen molar-refractivity contribution in [2.45, 2.75) is 38.6 Å². The van der Waals surface area contributed by atoms with Gasteiger partial charge in [-0.2, -0.15) is 0 Å². The van der Waals surface area contributed by atoms with Crippen LogP contribution in [0.25, 0.3) is 0 Å². The fourth-order valence-corrected chi connectivity index (χ4v) is 2.48. The zero-order valence-corrected chi connectivity index (χ0v) is 10.7. The minimum absolute atomic E-state index is 0.371. The van der Waals surface area contributed by atoms with Crippen LogP contribution in [0.2, 0.25) is 10.3 Å². The Morgan fingerprint density at radius 2 is 2.00 bits per heavy atom. The summed E-state index contributed by atoms with van der Waals surface area (Å²) in [4.78, 5) is 0. The third-order valence-electron chi connectivity index (χ3n) is 3.17. The van der Waals surface area contributed by atoms with Crippen LogP contribution < -0.4 is 5.32 Å². The Kier molecular flexibility index (Phi) is 3.87. The first-order valence-electron chi connectivity index (χ1n) is 5.62. The van der Waals surface area contributed by atoms with E-state index in [1.54, 1.807) is 6.07 Å². The maximum Gasteiger partial charge on any atom is 0.174 e. The molecule has 0 spiro atoms. The molecule has 1 heterocycles. The second kappa shape index (κ2) is 5.19. The van der Waals surface area contributed by atoms with Crippen molar-refractivity contribution in [1.82, 2.24) is 10.2 Å². The van der Waals surface area contributed by atoms with Crippen molar-refractivity contribution in [2.24, 2.45) is 5.92 Å². The van der Waals surface area contributed by atoms with Crippen molar-refractivity contribution < 1.29 is 0 Å². The lowest BCUT2D eigenvalue weighted by Crippen LogP contribution is -2.30. The summed E-state index contributed by atoms with van der Waals surface area (Å²) in [6.45, 7) is 2.26. The fraction of sp³-hybridized carbons (Fsp3) is 0.636. The van der Waals surface area contributed by atoms with Crippen LogP contribution in [0.3, 0.4) is 0 Å². The molecule has 2 rings (SSSR count). The normalized spacial score (nSPS) is 25.4. The Bertz CT molecular complexity index is 370. The molecule has 1 aliphatic rings. The van der Waals surface area contributed by atoms with E-state index in [1.165, 1.54) is 25.7 Å². The maximum atomic E-state index is 5.97. The van der Waals surface area contributed by atoms with Crippen LogP contribution in [0, 0.1) is 5.92 Å². The van der Waals surface area contributed by atoms with Gasteiger partial charge in [0.25, 0.3) is 0 Å². The van der Waals surface area contributed by atoms with Gasteiger partial charge in [0, 0.05) is 12.1 Å². The number of anilines is 1. The first-order valence-corrected chi connectivity index (χ1v) is 6.37. The third-order valence-corrected chi connectivity index (χ3v) is 3.64. The van der Waals surface area contributed by atoms with Crippen molar-refractivity contribution in [2.75, 3.05) is 5.32 Å². The molecule has 1 saturated carbocycles. The molecule has 1 aromatic heterocycles. The minimum atomic E-state index is 0.371. The third kappa shape index (κ3) is 2.77. The quantitative estimate of drug-likeness (QED) is 0.879. The summed E-state index contributed by atoms with van der Waals surface area (Å²) in [5.41, 5.74) is 0.792. The van der Waals surface area contributed by atoms with Gasteiger partial charge in [0.05, 0.1) is 5.69 Å². The fourth-order valence-electron chi connectivity index (χ4n) is 2.18. The average Bonchev–Trinajstić information content (AvgIpc) is 2.27. The highest BCUT2D eigenvalue weighted by Crippen LogP contribution is 2.29. The van der Waals surface area contributed by atoms with E-state index in [9.17, 15) is 0 Å². The van der Waals surface area contributed by atoms with Gasteiger partial charge in [-0.1, -0.05) is 43.0 Å². The predicted molar refractivity (Wildman–Crippen MR) is 67.1 cm³/mol. The number of halogens is 2. The van der Waals surface area contributed by atoms with Gasteiger partial charge < -0.3 is 5.32 Å². The van der Waals surface area contributed by atoms with Gasteiger partial charge in [-0.3, -0.25) is 0 Å². The molecule has 3 nitrogen and oxygen atoms in total. The average molecular weight is 260 g/mol. The molecule has 0 radical (unpaired) electrons. The number of hydrogen-bond acceptors (Lipinski definition) is 3. The Hall–Kier alpha value is -0.540. The maximum absolute atomic E-state index is 5.97. The van der Waals surface area contributed by atoms with Gasteiger partial charge in [0.1, 0.15) is 0 Å². The SMILES string of the molecule is CC1CCCCC1Nc1cc(Cl)nnc1Cl. The molecule has 1 N–H and O–H groups in total. The van der Waals surface area contributed by atoms with E-state index >= 15 is 0 Å². The molecule has 16 heavy (non-hydrogen) atoms. The Labute approximate surface area is 106 Å². The summed E-state index contributed by atoms with van der Waals surface area (Å²) in [6.07, 6.45) is 5.03. The van der Waals surface area contributed by atoms with E-state index in [0.29, 0.717) is 22.3 Å². The second-order valence-electron chi connectivity index (χ2n) is 4.38. The smallest absolute Gasteiger partial charge is 0.174 e. The van der Waals surface area contributed by atoms with E-state index in [0.717, 1.165) is 5.69 Å². The number of nitrogens with zero attached hydrogens (tertiary/aromatic N) is 2. The van der Waals surface area contributed by atoms with Crippen molar-refractivity contribution in [3.8, 4) is 0 Å². The summed E-state index contributed by atoms with van der Waals surface area (Å²) < 4.78 is 0. The van der Waals surface area contributed by atoms with Gasteiger partial charge in [-0.15, -0.1) is 10.2 Å². The molecule has 88 valence electrons. The highest BCUT2D eigenvalue weighted by Gasteiger charge is 2.21. The van der Waals surface area contributed by atoms with Crippen molar-refractivity contribution in [3.05, 3.63) is 16.4 Å². The van der Waals surface area contributed by atoms with Gasteiger partial charge in [-0.25, -0.2) is 0 Å². The number of hydrogen-bond donors (Lipinski definition) is 1. The van der Waals surface area contributed by atoms with Crippen LogP contribution in [0.1, 0.15) is 32.6 Å².